The van der Waals surface area contributed by atoms with Gasteiger partial charge in [0, 0.05) is 37.2 Å². The molecule has 0 bridgehead atoms. The molecule has 1 aromatic carbocycles. The number of para-hydroxylation sites is 1. The topological polar surface area (TPSA) is 58.6 Å². The van der Waals surface area contributed by atoms with Gasteiger partial charge in [0.15, 0.2) is 0 Å². The number of nitrogens with one attached hydrogen (secondary N) is 1. The van der Waals surface area contributed by atoms with Gasteiger partial charge in [0.1, 0.15) is 5.75 Å². The highest BCUT2D eigenvalue weighted by Gasteiger charge is 2.26. The zero-order valence-electron chi connectivity index (χ0n) is 14.8. The molecule has 0 unspecified atom stereocenters. The number of rotatable bonds is 7. The molecule has 1 aliphatic heterocycles. The van der Waals surface area contributed by atoms with Crippen LogP contribution in [0.15, 0.2) is 30.3 Å². The Bertz CT molecular complexity index is 641. The molecule has 0 radical (unpaired) electrons. The SMILES string of the molecule is CCCNC(=O)C1CCN(C(=O)/C=C/c2ccccc2OC(F)F)CC1. The Morgan fingerprint density at radius 2 is 2.00 bits per heavy atom. The number of halogens is 2. The lowest BCUT2D eigenvalue weighted by molar-refractivity contribution is -0.132. The van der Waals surface area contributed by atoms with Gasteiger partial charge in [0.05, 0.1) is 0 Å². The standard InChI is InChI=1S/C19H24F2N2O3/c1-2-11-22-18(25)15-9-12-23(13-10-15)17(24)8-7-14-5-3-4-6-16(14)26-19(20)21/h3-8,15,19H,2,9-13H2,1H3,(H,22,25)/b8-7+. The van der Waals surface area contributed by atoms with Crippen LogP contribution in [0.4, 0.5) is 8.78 Å². The summed E-state index contributed by atoms with van der Waals surface area (Å²) in [6.45, 7) is 0.753. The van der Waals surface area contributed by atoms with E-state index in [1.807, 2.05) is 6.92 Å². The van der Waals surface area contributed by atoms with Gasteiger partial charge in [0.25, 0.3) is 0 Å². The van der Waals surface area contributed by atoms with E-state index in [0.29, 0.717) is 38.0 Å². The van der Waals surface area contributed by atoms with Crippen molar-refractivity contribution in [2.24, 2.45) is 5.92 Å². The van der Waals surface area contributed by atoms with Crippen LogP contribution in [-0.4, -0.2) is 43.0 Å². The number of hydrogen-bond acceptors (Lipinski definition) is 3. The average molecular weight is 366 g/mol. The Morgan fingerprint density at radius 3 is 2.65 bits per heavy atom. The fourth-order valence-electron chi connectivity index (χ4n) is 2.84. The van der Waals surface area contributed by atoms with Crippen molar-refractivity contribution in [3.63, 3.8) is 0 Å². The predicted octanol–water partition coefficient (Wildman–Crippen LogP) is 3.07. The minimum atomic E-state index is -2.92. The maximum absolute atomic E-state index is 12.4. The molecule has 0 atom stereocenters. The summed E-state index contributed by atoms with van der Waals surface area (Å²) in [6, 6.07) is 6.30. The molecule has 2 amide bonds. The van der Waals surface area contributed by atoms with Crippen molar-refractivity contribution in [2.75, 3.05) is 19.6 Å². The molecule has 5 nitrogen and oxygen atoms in total. The molecule has 142 valence electrons. The second-order valence-corrected chi connectivity index (χ2v) is 6.14. The largest absolute Gasteiger partial charge is 0.434 e. The molecule has 1 N–H and O–H groups in total. The number of carbonyl (C=O) groups excluding carboxylic acids is 2. The Labute approximate surface area is 152 Å². The van der Waals surface area contributed by atoms with Crippen LogP contribution in [0.3, 0.4) is 0 Å². The van der Waals surface area contributed by atoms with E-state index >= 15 is 0 Å². The molecule has 1 aliphatic rings. The first-order valence-corrected chi connectivity index (χ1v) is 8.79. The van der Waals surface area contributed by atoms with E-state index in [4.69, 9.17) is 0 Å². The van der Waals surface area contributed by atoms with Crippen LogP contribution in [0, 0.1) is 5.92 Å². The maximum Gasteiger partial charge on any atom is 0.387 e. The summed E-state index contributed by atoms with van der Waals surface area (Å²) in [5.74, 6) is -0.190. The lowest BCUT2D eigenvalue weighted by Crippen LogP contribution is -2.42. The Hall–Kier alpha value is -2.44. The number of piperidine rings is 1. The number of likely N-dealkylation sites (tertiary alicyclic amines) is 1. The number of benzene rings is 1. The summed E-state index contributed by atoms with van der Waals surface area (Å²) in [6.07, 6.45) is 4.97. The number of nitrogens with zero attached hydrogens (tertiary/aromatic N) is 1. The molecule has 1 fully saturated rings. The monoisotopic (exact) mass is 366 g/mol. The van der Waals surface area contributed by atoms with E-state index in [9.17, 15) is 18.4 Å². The van der Waals surface area contributed by atoms with Gasteiger partial charge >= 0.3 is 6.61 Å². The predicted molar refractivity (Wildman–Crippen MR) is 94.7 cm³/mol. The molecule has 0 aliphatic carbocycles. The van der Waals surface area contributed by atoms with Crippen molar-refractivity contribution in [2.45, 2.75) is 32.8 Å². The number of hydrogen-bond donors (Lipinski definition) is 1. The van der Waals surface area contributed by atoms with Gasteiger partial charge in [0.2, 0.25) is 11.8 Å². The van der Waals surface area contributed by atoms with Crippen molar-refractivity contribution < 1.29 is 23.1 Å². The lowest BCUT2D eigenvalue weighted by Gasteiger charge is -2.30. The third kappa shape index (κ3) is 5.82. The van der Waals surface area contributed by atoms with Gasteiger partial charge in [-0.05, 0) is 31.4 Å². The summed E-state index contributed by atoms with van der Waals surface area (Å²) < 4.78 is 29.3. The molecule has 1 saturated heterocycles. The second kappa shape index (κ2) is 9.89. The first-order chi connectivity index (χ1) is 12.5. The number of ether oxygens (including phenoxy) is 1. The fraction of sp³-hybridized carbons (Fsp3) is 0.474. The van der Waals surface area contributed by atoms with Gasteiger partial charge in [-0.25, -0.2) is 0 Å². The fourth-order valence-corrected chi connectivity index (χ4v) is 2.84. The molecule has 0 aromatic heterocycles. The van der Waals surface area contributed by atoms with Crippen LogP contribution >= 0.6 is 0 Å². The van der Waals surface area contributed by atoms with Crippen molar-refractivity contribution in [3.05, 3.63) is 35.9 Å². The van der Waals surface area contributed by atoms with Crippen LogP contribution in [0.25, 0.3) is 6.08 Å². The third-order valence-electron chi connectivity index (χ3n) is 4.27. The zero-order chi connectivity index (χ0) is 18.9. The molecule has 0 spiro atoms. The number of amides is 2. The highest BCUT2D eigenvalue weighted by atomic mass is 19.3. The molecular weight excluding hydrogens is 342 g/mol. The minimum Gasteiger partial charge on any atom is -0.434 e. The molecule has 2 rings (SSSR count). The maximum atomic E-state index is 12.4. The van der Waals surface area contributed by atoms with Crippen LogP contribution < -0.4 is 10.1 Å². The second-order valence-electron chi connectivity index (χ2n) is 6.14. The normalized spacial score (nSPS) is 15.5. The summed E-state index contributed by atoms with van der Waals surface area (Å²) in [5, 5.41) is 2.88. The average Bonchev–Trinajstić information content (AvgIpc) is 2.64. The van der Waals surface area contributed by atoms with Crippen LogP contribution in [-0.2, 0) is 9.59 Å². The van der Waals surface area contributed by atoms with E-state index in [1.54, 1.807) is 23.1 Å². The molecule has 7 heteroatoms. The summed E-state index contributed by atoms with van der Waals surface area (Å²) >= 11 is 0. The van der Waals surface area contributed by atoms with Crippen LogP contribution in [0.2, 0.25) is 0 Å². The molecule has 1 aromatic rings. The number of carbonyl (C=O) groups is 2. The minimum absolute atomic E-state index is 0.0258. The number of alkyl halides is 2. The van der Waals surface area contributed by atoms with Crippen molar-refractivity contribution in [1.82, 2.24) is 10.2 Å². The van der Waals surface area contributed by atoms with Gasteiger partial charge in [-0.15, -0.1) is 0 Å². The van der Waals surface area contributed by atoms with Crippen LogP contribution in [0.5, 0.6) is 5.75 Å². The first kappa shape index (κ1) is 19.9. The van der Waals surface area contributed by atoms with E-state index in [2.05, 4.69) is 10.1 Å². The molecular formula is C19H24F2N2O3. The highest BCUT2D eigenvalue weighted by molar-refractivity contribution is 5.92. The Morgan fingerprint density at radius 1 is 1.31 bits per heavy atom. The lowest BCUT2D eigenvalue weighted by atomic mass is 9.96. The molecule has 26 heavy (non-hydrogen) atoms. The first-order valence-electron chi connectivity index (χ1n) is 8.79. The van der Waals surface area contributed by atoms with Crippen molar-refractivity contribution >= 4 is 17.9 Å². The molecule has 1 heterocycles. The van der Waals surface area contributed by atoms with E-state index in [-0.39, 0.29) is 23.5 Å². The highest BCUT2D eigenvalue weighted by Crippen LogP contribution is 2.22. The zero-order valence-corrected chi connectivity index (χ0v) is 14.8. The molecule has 0 saturated carbocycles. The van der Waals surface area contributed by atoms with Gasteiger partial charge < -0.3 is 15.0 Å². The van der Waals surface area contributed by atoms with E-state index < -0.39 is 6.61 Å². The Kier molecular flexibility index (Phi) is 7.56. The van der Waals surface area contributed by atoms with Gasteiger partial charge in [-0.3, -0.25) is 9.59 Å². The van der Waals surface area contributed by atoms with Crippen molar-refractivity contribution in [1.29, 1.82) is 0 Å². The van der Waals surface area contributed by atoms with E-state index in [1.165, 1.54) is 18.2 Å². The van der Waals surface area contributed by atoms with E-state index in [0.717, 1.165) is 6.42 Å². The quantitative estimate of drug-likeness (QED) is 0.755. The smallest absolute Gasteiger partial charge is 0.387 e. The third-order valence-corrected chi connectivity index (χ3v) is 4.27. The summed E-state index contributed by atoms with van der Waals surface area (Å²) in [7, 11) is 0. The van der Waals surface area contributed by atoms with Crippen molar-refractivity contribution in [3.8, 4) is 5.75 Å². The Balaban J connectivity index is 1.89. The summed E-state index contributed by atoms with van der Waals surface area (Å²) in [5.41, 5.74) is 0.412. The van der Waals surface area contributed by atoms with Gasteiger partial charge in [-0.1, -0.05) is 25.1 Å². The van der Waals surface area contributed by atoms with Gasteiger partial charge in [-0.2, -0.15) is 8.78 Å². The van der Waals surface area contributed by atoms with Crippen LogP contribution in [0.1, 0.15) is 31.7 Å². The summed E-state index contributed by atoms with van der Waals surface area (Å²) in [4.78, 5) is 25.9.